The SMILES string of the molecule is C[C@@H]1C[C@H](NC(=S)NC(=O)OC(C)(C)C)CC[C@@H]1O[Si](C)(C)C(C)(C)C. The third-order valence-corrected chi connectivity index (χ3v) is 10.0. The number of alkyl carbamates (subject to hydrolysis) is 1. The molecule has 1 saturated carbocycles. The van der Waals surface area contributed by atoms with Crippen molar-refractivity contribution in [1.82, 2.24) is 10.6 Å². The van der Waals surface area contributed by atoms with Crippen LogP contribution in [0.1, 0.15) is 67.7 Å². The van der Waals surface area contributed by atoms with E-state index in [2.05, 4.69) is 51.4 Å². The van der Waals surface area contributed by atoms with Gasteiger partial charge in [0.25, 0.3) is 0 Å². The molecule has 1 fully saturated rings. The summed E-state index contributed by atoms with van der Waals surface area (Å²) in [5.41, 5.74) is -0.534. The van der Waals surface area contributed by atoms with Crippen molar-refractivity contribution in [2.24, 2.45) is 5.92 Å². The second-order valence-corrected chi connectivity index (χ2v) is 15.2. The molecule has 0 aliphatic heterocycles. The van der Waals surface area contributed by atoms with E-state index in [0.717, 1.165) is 19.3 Å². The fraction of sp³-hybridized carbons (Fsp3) is 0.895. The summed E-state index contributed by atoms with van der Waals surface area (Å²) >= 11 is 5.26. The Hall–Kier alpha value is -0.663. The van der Waals surface area contributed by atoms with Crippen molar-refractivity contribution in [3.05, 3.63) is 0 Å². The van der Waals surface area contributed by atoms with Gasteiger partial charge < -0.3 is 14.5 Å². The number of rotatable bonds is 3. The maximum Gasteiger partial charge on any atom is 0.413 e. The molecule has 0 saturated heterocycles. The second-order valence-electron chi connectivity index (χ2n) is 10.0. The molecule has 7 heteroatoms. The number of nitrogens with one attached hydrogen (secondary N) is 2. The Balaban J connectivity index is 2.49. The molecule has 0 heterocycles. The topological polar surface area (TPSA) is 59.6 Å². The van der Waals surface area contributed by atoms with E-state index in [4.69, 9.17) is 21.4 Å². The third-order valence-electron chi connectivity index (χ3n) is 5.29. The lowest BCUT2D eigenvalue weighted by molar-refractivity contribution is 0.0559. The average molecular weight is 403 g/mol. The lowest BCUT2D eigenvalue weighted by atomic mass is 9.85. The quantitative estimate of drug-likeness (QED) is 0.516. The second kappa shape index (κ2) is 8.57. The van der Waals surface area contributed by atoms with Crippen LogP contribution in [0.5, 0.6) is 0 Å². The van der Waals surface area contributed by atoms with Crippen molar-refractivity contribution in [3.8, 4) is 0 Å². The summed E-state index contributed by atoms with van der Waals surface area (Å²) in [6.45, 7) is 19.2. The van der Waals surface area contributed by atoms with Crippen LogP contribution in [-0.4, -0.2) is 37.3 Å². The summed E-state index contributed by atoms with van der Waals surface area (Å²) in [5, 5.41) is 6.41. The minimum absolute atomic E-state index is 0.223. The molecule has 1 aliphatic rings. The zero-order valence-corrected chi connectivity index (χ0v) is 19.8. The first-order valence-corrected chi connectivity index (χ1v) is 12.9. The first-order valence-electron chi connectivity index (χ1n) is 9.59. The van der Waals surface area contributed by atoms with Crippen molar-refractivity contribution < 1.29 is 14.0 Å². The zero-order valence-electron chi connectivity index (χ0n) is 18.0. The van der Waals surface area contributed by atoms with E-state index in [9.17, 15) is 4.79 Å². The van der Waals surface area contributed by atoms with Gasteiger partial charge in [-0.2, -0.15) is 0 Å². The lowest BCUT2D eigenvalue weighted by Gasteiger charge is -2.43. The van der Waals surface area contributed by atoms with E-state index in [0.29, 0.717) is 17.1 Å². The van der Waals surface area contributed by atoms with E-state index < -0.39 is 20.0 Å². The highest BCUT2D eigenvalue weighted by molar-refractivity contribution is 7.80. The average Bonchev–Trinajstić information content (AvgIpc) is 2.37. The van der Waals surface area contributed by atoms with Crippen molar-refractivity contribution >= 4 is 31.7 Å². The third kappa shape index (κ3) is 7.52. The summed E-state index contributed by atoms with van der Waals surface area (Å²) in [4.78, 5) is 11.8. The number of hydrogen-bond donors (Lipinski definition) is 2. The molecule has 1 aliphatic carbocycles. The van der Waals surface area contributed by atoms with E-state index >= 15 is 0 Å². The molecule has 5 nitrogen and oxygen atoms in total. The van der Waals surface area contributed by atoms with Gasteiger partial charge in [-0.05, 0) is 76.3 Å². The number of amides is 1. The number of thiocarbonyl (C=S) groups is 1. The number of carbonyl (C=O) groups is 1. The van der Waals surface area contributed by atoms with Crippen LogP contribution in [0.15, 0.2) is 0 Å². The Morgan fingerprint density at radius 3 is 2.15 bits per heavy atom. The summed E-state index contributed by atoms with van der Waals surface area (Å²) in [6, 6.07) is 0.256. The molecule has 2 N–H and O–H groups in total. The highest BCUT2D eigenvalue weighted by Gasteiger charge is 2.41. The molecule has 0 aromatic heterocycles. The molecule has 0 aromatic rings. The molecule has 0 bridgehead atoms. The van der Waals surface area contributed by atoms with Crippen LogP contribution >= 0.6 is 12.2 Å². The van der Waals surface area contributed by atoms with Crippen LogP contribution < -0.4 is 10.6 Å². The van der Waals surface area contributed by atoms with Crippen molar-refractivity contribution in [1.29, 1.82) is 0 Å². The number of hydrogen-bond acceptors (Lipinski definition) is 4. The molecule has 0 radical (unpaired) electrons. The molecule has 1 rings (SSSR count). The zero-order chi connectivity index (χ0) is 20.3. The molecular weight excluding hydrogens is 364 g/mol. The van der Waals surface area contributed by atoms with E-state index in [-0.39, 0.29) is 11.1 Å². The number of ether oxygens (including phenoxy) is 1. The number of carbonyl (C=O) groups excluding carboxylic acids is 1. The Labute approximate surface area is 166 Å². The molecule has 0 aromatic carbocycles. The monoisotopic (exact) mass is 402 g/mol. The fourth-order valence-electron chi connectivity index (χ4n) is 2.85. The molecule has 26 heavy (non-hydrogen) atoms. The van der Waals surface area contributed by atoms with Crippen LogP contribution in [0.25, 0.3) is 0 Å². The summed E-state index contributed by atoms with van der Waals surface area (Å²) < 4.78 is 11.8. The summed E-state index contributed by atoms with van der Waals surface area (Å²) in [5.74, 6) is 0.458. The maximum absolute atomic E-state index is 11.8. The van der Waals surface area contributed by atoms with Gasteiger partial charge in [-0.25, -0.2) is 4.79 Å². The van der Waals surface area contributed by atoms with E-state index in [1.165, 1.54) is 0 Å². The van der Waals surface area contributed by atoms with Crippen LogP contribution in [0.4, 0.5) is 4.79 Å². The van der Waals surface area contributed by atoms with Crippen molar-refractivity contribution in [3.63, 3.8) is 0 Å². The van der Waals surface area contributed by atoms with Gasteiger partial charge in [0, 0.05) is 12.1 Å². The first-order chi connectivity index (χ1) is 11.6. The summed E-state index contributed by atoms with van der Waals surface area (Å²) in [6.07, 6.45) is 2.77. The minimum atomic E-state index is -1.75. The Bertz CT molecular complexity index is 512. The first kappa shape index (κ1) is 23.4. The molecule has 3 atom stereocenters. The minimum Gasteiger partial charge on any atom is -0.444 e. The highest BCUT2D eigenvalue weighted by atomic mass is 32.1. The largest absolute Gasteiger partial charge is 0.444 e. The summed E-state index contributed by atoms with van der Waals surface area (Å²) in [7, 11) is -1.75. The predicted octanol–water partition coefficient (Wildman–Crippen LogP) is 4.96. The van der Waals surface area contributed by atoms with Gasteiger partial charge in [-0.1, -0.05) is 27.7 Å². The fourth-order valence-corrected chi connectivity index (χ4v) is 4.56. The van der Waals surface area contributed by atoms with Crippen LogP contribution in [0.2, 0.25) is 18.1 Å². The van der Waals surface area contributed by atoms with E-state index in [1.807, 2.05) is 20.8 Å². The van der Waals surface area contributed by atoms with Gasteiger partial charge in [0.15, 0.2) is 13.4 Å². The lowest BCUT2D eigenvalue weighted by Crippen LogP contribution is -2.51. The van der Waals surface area contributed by atoms with Crippen molar-refractivity contribution in [2.75, 3.05) is 0 Å². The molecule has 0 spiro atoms. The molecule has 1 amide bonds. The predicted molar refractivity (Wildman–Crippen MR) is 114 cm³/mol. The molecular formula is C19H38N2O3SSi. The Morgan fingerprint density at radius 2 is 1.69 bits per heavy atom. The standard InChI is InChI=1S/C19H38N2O3SSi/c1-13-12-14(20-16(25)21-17(22)23-18(2,3)4)10-11-15(13)24-26(8,9)19(5,6)7/h13-15H,10-12H2,1-9H3,(H2,20,21,22,25)/t13-,14-,15+/m1/s1. The van der Waals surface area contributed by atoms with Gasteiger partial charge in [0.2, 0.25) is 0 Å². The van der Waals surface area contributed by atoms with Gasteiger partial charge >= 0.3 is 6.09 Å². The Morgan fingerprint density at radius 1 is 1.12 bits per heavy atom. The maximum atomic E-state index is 11.8. The van der Waals surface area contributed by atoms with Gasteiger partial charge in [-0.15, -0.1) is 0 Å². The normalized spacial score (nSPS) is 24.7. The van der Waals surface area contributed by atoms with Gasteiger partial charge in [0.1, 0.15) is 5.60 Å². The Kier molecular flexibility index (Phi) is 7.70. The van der Waals surface area contributed by atoms with Crippen LogP contribution in [0.3, 0.4) is 0 Å². The van der Waals surface area contributed by atoms with Crippen LogP contribution in [-0.2, 0) is 9.16 Å². The highest BCUT2D eigenvalue weighted by Crippen LogP contribution is 2.40. The van der Waals surface area contributed by atoms with E-state index in [1.54, 1.807) is 0 Å². The van der Waals surface area contributed by atoms with Crippen molar-refractivity contribution in [2.45, 2.75) is 104 Å². The molecule has 0 unspecified atom stereocenters. The van der Waals surface area contributed by atoms with Crippen LogP contribution in [0, 0.1) is 5.92 Å². The van der Waals surface area contributed by atoms with Gasteiger partial charge in [-0.3, -0.25) is 5.32 Å². The molecule has 152 valence electrons. The smallest absolute Gasteiger partial charge is 0.413 e. The van der Waals surface area contributed by atoms with Gasteiger partial charge in [0.05, 0.1) is 0 Å².